The number of hydrogen-bond donors (Lipinski definition) is 1. The summed E-state index contributed by atoms with van der Waals surface area (Å²) in [6.07, 6.45) is 4.33. The Labute approximate surface area is 193 Å². The third-order valence-corrected chi connectivity index (χ3v) is 6.04. The summed E-state index contributed by atoms with van der Waals surface area (Å²) < 4.78 is 48.3. The number of hydrogen-bond acceptors (Lipinski definition) is 6. The normalized spacial score (nSPS) is 17.9. The molecule has 0 atom stereocenters. The van der Waals surface area contributed by atoms with Crippen molar-refractivity contribution in [1.82, 2.24) is 24.4 Å². The average molecular weight is 472 g/mol. The number of nitrogens with zero attached hydrogens (tertiary/aromatic N) is 5. The first-order valence-electron chi connectivity index (χ1n) is 11.0. The molecule has 0 unspecified atom stereocenters. The predicted molar refractivity (Wildman–Crippen MR) is 118 cm³/mol. The lowest BCUT2D eigenvalue weighted by Gasteiger charge is -2.38. The first kappa shape index (κ1) is 22.3. The van der Waals surface area contributed by atoms with Gasteiger partial charge in [0.1, 0.15) is 11.5 Å². The van der Waals surface area contributed by atoms with Crippen LogP contribution in [-0.4, -0.2) is 62.6 Å². The van der Waals surface area contributed by atoms with Gasteiger partial charge in [0.25, 0.3) is 11.8 Å². The molecule has 11 heteroatoms. The molecule has 2 saturated heterocycles. The summed E-state index contributed by atoms with van der Waals surface area (Å²) in [6.45, 7) is 2.02. The molecule has 178 valence electrons. The average Bonchev–Trinajstić information content (AvgIpc) is 3.20. The predicted octanol–water partition coefficient (Wildman–Crippen LogP) is 3.97. The van der Waals surface area contributed by atoms with Gasteiger partial charge in [-0.05, 0) is 44.0 Å². The Morgan fingerprint density at radius 3 is 2.50 bits per heavy atom. The Hall–Kier alpha value is -3.47. The minimum atomic E-state index is -2.81. The summed E-state index contributed by atoms with van der Waals surface area (Å²) in [7, 11) is 0. The van der Waals surface area contributed by atoms with Crippen LogP contribution in [0.5, 0.6) is 0 Å². The molecule has 0 aliphatic carbocycles. The molecule has 4 heterocycles. The Bertz CT molecular complexity index is 1200. The van der Waals surface area contributed by atoms with Gasteiger partial charge in [-0.25, -0.2) is 28.1 Å². The quantitative estimate of drug-likeness (QED) is 0.605. The van der Waals surface area contributed by atoms with E-state index >= 15 is 0 Å². The number of nitrogens with one attached hydrogen (secondary N) is 1. The molecule has 8 nitrogen and oxygen atoms in total. The van der Waals surface area contributed by atoms with Gasteiger partial charge in [-0.15, -0.1) is 0 Å². The molecule has 1 amide bonds. The van der Waals surface area contributed by atoms with Gasteiger partial charge in [0, 0.05) is 30.5 Å². The second-order valence-corrected chi connectivity index (χ2v) is 8.51. The SMILES string of the molecule is Cc1ncc(-c2nc(Nc3ccc(C(=O)N4CC(F)(F)C4)cc3)ncc2F)n1C1CCOCC1. The van der Waals surface area contributed by atoms with Crippen LogP contribution in [0.3, 0.4) is 0 Å². The third kappa shape index (κ3) is 4.35. The summed E-state index contributed by atoms with van der Waals surface area (Å²) in [4.78, 5) is 26.2. The molecular formula is C23H23F3N6O2. The van der Waals surface area contributed by atoms with Crippen LogP contribution in [0.4, 0.5) is 24.8 Å². The molecule has 0 spiro atoms. The fourth-order valence-electron chi connectivity index (χ4n) is 4.30. The van der Waals surface area contributed by atoms with E-state index in [1.807, 2.05) is 11.5 Å². The number of ether oxygens (including phenoxy) is 1. The molecule has 1 N–H and O–H groups in total. The second kappa shape index (κ2) is 8.71. The highest BCUT2D eigenvalue weighted by atomic mass is 19.3. The molecule has 0 bridgehead atoms. The maximum Gasteiger partial charge on any atom is 0.282 e. The van der Waals surface area contributed by atoms with Crippen LogP contribution in [0.25, 0.3) is 11.4 Å². The van der Waals surface area contributed by atoms with Crippen molar-refractivity contribution >= 4 is 17.5 Å². The smallest absolute Gasteiger partial charge is 0.282 e. The van der Waals surface area contributed by atoms with Crippen LogP contribution >= 0.6 is 0 Å². The highest BCUT2D eigenvalue weighted by Crippen LogP contribution is 2.31. The van der Waals surface area contributed by atoms with Crippen molar-refractivity contribution in [3.8, 4) is 11.4 Å². The van der Waals surface area contributed by atoms with E-state index in [9.17, 15) is 18.0 Å². The maximum atomic E-state index is 14.7. The van der Waals surface area contributed by atoms with E-state index in [0.717, 1.165) is 29.8 Å². The van der Waals surface area contributed by atoms with Crippen LogP contribution in [0.1, 0.15) is 35.1 Å². The zero-order valence-corrected chi connectivity index (χ0v) is 18.5. The number of rotatable bonds is 5. The minimum absolute atomic E-state index is 0.134. The van der Waals surface area contributed by atoms with E-state index in [1.54, 1.807) is 18.3 Å². The Balaban J connectivity index is 1.35. The lowest BCUT2D eigenvalue weighted by molar-refractivity contribution is -0.113. The molecule has 0 radical (unpaired) electrons. The van der Waals surface area contributed by atoms with Crippen LogP contribution < -0.4 is 5.32 Å². The number of anilines is 2. The van der Waals surface area contributed by atoms with Crippen molar-refractivity contribution in [3.05, 3.63) is 53.9 Å². The van der Waals surface area contributed by atoms with Gasteiger partial charge < -0.3 is 19.5 Å². The molecule has 2 aliphatic heterocycles. The molecule has 3 aromatic rings. The van der Waals surface area contributed by atoms with Crippen molar-refractivity contribution in [3.63, 3.8) is 0 Å². The van der Waals surface area contributed by atoms with Gasteiger partial charge >= 0.3 is 0 Å². The fourth-order valence-corrected chi connectivity index (χ4v) is 4.30. The summed E-state index contributed by atoms with van der Waals surface area (Å²) in [6, 6.07) is 6.46. The van der Waals surface area contributed by atoms with E-state index < -0.39 is 30.7 Å². The number of aromatic nitrogens is 4. The number of carbonyl (C=O) groups excluding carboxylic acids is 1. The summed E-state index contributed by atoms with van der Waals surface area (Å²) >= 11 is 0. The molecule has 2 aromatic heterocycles. The van der Waals surface area contributed by atoms with E-state index in [1.165, 1.54) is 12.1 Å². The Morgan fingerprint density at radius 1 is 1.12 bits per heavy atom. The summed E-state index contributed by atoms with van der Waals surface area (Å²) in [5, 5.41) is 3.00. The number of likely N-dealkylation sites (tertiary alicyclic amines) is 1. The number of imidazole rings is 1. The first-order chi connectivity index (χ1) is 16.3. The topological polar surface area (TPSA) is 85.2 Å². The van der Waals surface area contributed by atoms with Crippen molar-refractivity contribution in [1.29, 1.82) is 0 Å². The standard InChI is InChI=1S/C23H23F3N6O2/c1-14-27-11-19(32(14)17-6-8-34-9-7-17)20-18(24)10-28-22(30-20)29-16-4-2-15(3-5-16)21(33)31-12-23(25,26)13-31/h2-5,10-11,17H,6-9,12-13H2,1H3,(H,28,29,30). The van der Waals surface area contributed by atoms with Gasteiger partial charge in [-0.1, -0.05) is 0 Å². The van der Waals surface area contributed by atoms with E-state index in [0.29, 0.717) is 30.2 Å². The number of benzene rings is 1. The highest BCUT2D eigenvalue weighted by Gasteiger charge is 2.46. The number of alkyl halides is 2. The van der Waals surface area contributed by atoms with Gasteiger partial charge in [0.2, 0.25) is 5.95 Å². The molecule has 5 rings (SSSR count). The maximum absolute atomic E-state index is 14.7. The lowest BCUT2D eigenvalue weighted by Crippen LogP contribution is -2.58. The van der Waals surface area contributed by atoms with Crippen molar-refractivity contribution in [2.45, 2.75) is 31.7 Å². The Kier molecular flexibility index (Phi) is 5.72. The van der Waals surface area contributed by atoms with Crippen molar-refractivity contribution in [2.24, 2.45) is 0 Å². The van der Waals surface area contributed by atoms with Crippen molar-refractivity contribution in [2.75, 3.05) is 31.6 Å². The second-order valence-electron chi connectivity index (χ2n) is 8.51. The minimum Gasteiger partial charge on any atom is -0.381 e. The Morgan fingerprint density at radius 2 is 1.82 bits per heavy atom. The summed E-state index contributed by atoms with van der Waals surface area (Å²) in [5.74, 6) is -2.88. The number of carbonyl (C=O) groups is 1. The highest BCUT2D eigenvalue weighted by molar-refractivity contribution is 5.95. The van der Waals surface area contributed by atoms with Crippen LogP contribution in [-0.2, 0) is 4.74 Å². The number of halogens is 3. The zero-order chi connectivity index (χ0) is 23.9. The summed E-state index contributed by atoms with van der Waals surface area (Å²) in [5.41, 5.74) is 1.57. The fraction of sp³-hybridized carbons (Fsp3) is 0.391. The van der Waals surface area contributed by atoms with E-state index in [-0.39, 0.29) is 17.7 Å². The van der Waals surface area contributed by atoms with Crippen LogP contribution in [0, 0.1) is 12.7 Å². The molecule has 1 aromatic carbocycles. The zero-order valence-electron chi connectivity index (χ0n) is 18.5. The molecule has 34 heavy (non-hydrogen) atoms. The number of amides is 1. The van der Waals surface area contributed by atoms with Gasteiger partial charge in [0.05, 0.1) is 31.2 Å². The molecule has 2 aliphatic rings. The lowest BCUT2D eigenvalue weighted by atomic mass is 10.1. The van der Waals surface area contributed by atoms with E-state index in [2.05, 4.69) is 20.3 Å². The van der Waals surface area contributed by atoms with Gasteiger partial charge in [0.15, 0.2) is 5.82 Å². The number of aryl methyl sites for hydroxylation is 1. The largest absolute Gasteiger partial charge is 0.381 e. The van der Waals surface area contributed by atoms with E-state index in [4.69, 9.17) is 4.74 Å². The monoisotopic (exact) mass is 472 g/mol. The van der Waals surface area contributed by atoms with Crippen LogP contribution in [0.15, 0.2) is 36.7 Å². The molecular weight excluding hydrogens is 449 g/mol. The third-order valence-electron chi connectivity index (χ3n) is 6.04. The first-order valence-corrected chi connectivity index (χ1v) is 11.0. The van der Waals surface area contributed by atoms with Gasteiger partial charge in [-0.3, -0.25) is 4.79 Å². The van der Waals surface area contributed by atoms with Gasteiger partial charge in [-0.2, -0.15) is 0 Å². The van der Waals surface area contributed by atoms with Crippen LogP contribution in [0.2, 0.25) is 0 Å². The molecule has 2 fully saturated rings. The van der Waals surface area contributed by atoms with Crippen molar-refractivity contribution < 1.29 is 22.7 Å². The molecule has 0 saturated carbocycles.